The number of benzene rings is 3. The second-order valence-corrected chi connectivity index (χ2v) is 10.5. The summed E-state index contributed by atoms with van der Waals surface area (Å²) < 4.78 is 25.9. The first-order valence-electron chi connectivity index (χ1n) is 14.0. The number of amides is 2. The van der Waals surface area contributed by atoms with E-state index in [2.05, 4.69) is 15.5 Å². The van der Waals surface area contributed by atoms with Crippen molar-refractivity contribution >= 4 is 39.9 Å². The number of nitrogens with zero attached hydrogens (tertiary/aromatic N) is 3. The van der Waals surface area contributed by atoms with E-state index in [1.807, 2.05) is 49.4 Å². The highest BCUT2D eigenvalue weighted by molar-refractivity contribution is 6.00. The van der Waals surface area contributed by atoms with Crippen molar-refractivity contribution in [2.24, 2.45) is 0 Å². The largest absolute Gasteiger partial charge is 0.461 e. The van der Waals surface area contributed by atoms with Gasteiger partial charge in [-0.3, -0.25) is 4.79 Å². The van der Waals surface area contributed by atoms with Crippen LogP contribution >= 0.6 is 0 Å². The minimum atomic E-state index is -0.612. The van der Waals surface area contributed by atoms with E-state index in [-0.39, 0.29) is 17.9 Å². The second kappa shape index (κ2) is 12.0. The summed E-state index contributed by atoms with van der Waals surface area (Å²) in [6.45, 7) is 6.05. The van der Waals surface area contributed by atoms with E-state index in [1.54, 1.807) is 18.2 Å². The standard InChI is InChI=1S/C33H30FN5O4/c1-20(40)17-22-4-11-28(27(34)18-22)37-33(41)35-25-8-5-23(6-9-25)31-36-29-19-24(30-12-3-21(2)43-30)7-10-26(29)32(38-31)39-13-15-42-16-14-39/h3-12,18-19H,13-17H2,1-2H3,(H2,35,37,41). The number of carbonyl (C=O) groups is 2. The van der Waals surface area contributed by atoms with Crippen LogP contribution in [-0.4, -0.2) is 48.1 Å². The normalized spacial score (nSPS) is 13.2. The van der Waals surface area contributed by atoms with Crippen molar-refractivity contribution in [3.05, 3.63) is 89.9 Å². The van der Waals surface area contributed by atoms with E-state index >= 15 is 0 Å². The van der Waals surface area contributed by atoms with Gasteiger partial charge in [0.15, 0.2) is 5.82 Å². The molecule has 0 radical (unpaired) electrons. The molecule has 0 atom stereocenters. The number of furan rings is 1. The molecule has 0 saturated carbocycles. The van der Waals surface area contributed by atoms with E-state index < -0.39 is 11.8 Å². The third kappa shape index (κ3) is 6.39. The zero-order chi connectivity index (χ0) is 29.9. The van der Waals surface area contributed by atoms with Crippen molar-refractivity contribution in [2.45, 2.75) is 20.3 Å². The van der Waals surface area contributed by atoms with Crippen LogP contribution in [0.25, 0.3) is 33.6 Å². The molecule has 3 heterocycles. The maximum absolute atomic E-state index is 14.5. The van der Waals surface area contributed by atoms with Crippen LogP contribution < -0.4 is 15.5 Å². The van der Waals surface area contributed by atoms with Crippen LogP contribution in [-0.2, 0) is 16.0 Å². The quantitative estimate of drug-likeness (QED) is 0.223. The number of urea groups is 1. The molecule has 2 aromatic heterocycles. The van der Waals surface area contributed by atoms with E-state index in [0.29, 0.717) is 30.3 Å². The summed E-state index contributed by atoms with van der Waals surface area (Å²) >= 11 is 0. The summed E-state index contributed by atoms with van der Waals surface area (Å²) in [5, 5.41) is 6.17. The second-order valence-electron chi connectivity index (χ2n) is 10.5. The molecule has 9 nitrogen and oxygen atoms in total. The minimum absolute atomic E-state index is 0.0192. The molecular formula is C33H30FN5O4. The first-order valence-corrected chi connectivity index (χ1v) is 14.0. The Morgan fingerprint density at radius 3 is 2.37 bits per heavy atom. The maximum atomic E-state index is 14.5. The summed E-state index contributed by atoms with van der Waals surface area (Å²) in [6, 6.07) is 20.8. The molecule has 43 heavy (non-hydrogen) atoms. The number of anilines is 3. The average Bonchev–Trinajstić information content (AvgIpc) is 3.44. The molecule has 1 aliphatic rings. The van der Waals surface area contributed by atoms with E-state index in [1.165, 1.54) is 19.1 Å². The average molecular weight is 580 g/mol. The van der Waals surface area contributed by atoms with Gasteiger partial charge in [-0.05, 0) is 80.1 Å². The van der Waals surface area contributed by atoms with Gasteiger partial charge >= 0.3 is 6.03 Å². The number of halogens is 1. The number of ketones is 1. The van der Waals surface area contributed by atoms with Crippen LogP contribution in [0.4, 0.5) is 26.4 Å². The number of aromatic nitrogens is 2. The lowest BCUT2D eigenvalue weighted by molar-refractivity contribution is -0.116. The molecule has 10 heteroatoms. The molecule has 2 amide bonds. The third-order valence-corrected chi connectivity index (χ3v) is 7.15. The smallest absolute Gasteiger partial charge is 0.323 e. The Labute approximate surface area is 247 Å². The highest BCUT2D eigenvalue weighted by Gasteiger charge is 2.19. The lowest BCUT2D eigenvalue weighted by Crippen LogP contribution is -2.37. The molecule has 0 bridgehead atoms. The molecule has 0 spiro atoms. The Bertz CT molecular complexity index is 1810. The summed E-state index contributed by atoms with van der Waals surface area (Å²) in [4.78, 5) is 35.9. The molecule has 3 aromatic carbocycles. The molecule has 5 aromatic rings. The van der Waals surface area contributed by atoms with E-state index in [9.17, 15) is 14.0 Å². The van der Waals surface area contributed by atoms with Crippen LogP contribution in [0.15, 0.2) is 77.2 Å². The Morgan fingerprint density at radius 1 is 0.907 bits per heavy atom. The maximum Gasteiger partial charge on any atom is 0.323 e. The molecule has 2 N–H and O–H groups in total. The SMILES string of the molecule is CC(=O)Cc1ccc(NC(=O)Nc2ccc(-c3nc(N4CCOCC4)c4ccc(-c5ccc(C)o5)cc4n3)cc2)c(F)c1. The summed E-state index contributed by atoms with van der Waals surface area (Å²) in [5.74, 6) is 2.31. The van der Waals surface area contributed by atoms with Crippen molar-refractivity contribution in [3.8, 4) is 22.7 Å². The Morgan fingerprint density at radius 2 is 1.67 bits per heavy atom. The van der Waals surface area contributed by atoms with Gasteiger partial charge in [0.1, 0.15) is 28.9 Å². The molecular weight excluding hydrogens is 549 g/mol. The van der Waals surface area contributed by atoms with Crippen LogP contribution in [0.5, 0.6) is 0 Å². The number of rotatable bonds is 7. The first kappa shape index (κ1) is 28.0. The number of carbonyl (C=O) groups excluding carboxylic acids is 2. The minimum Gasteiger partial charge on any atom is -0.461 e. The molecule has 6 rings (SSSR count). The van der Waals surface area contributed by atoms with Gasteiger partial charge in [-0.2, -0.15) is 0 Å². The topological polar surface area (TPSA) is 110 Å². The summed E-state index contributed by atoms with van der Waals surface area (Å²) in [6.07, 6.45) is 0.134. The number of nitrogens with one attached hydrogen (secondary N) is 2. The fraction of sp³-hybridized carbons (Fsp3) is 0.212. The fourth-order valence-corrected chi connectivity index (χ4v) is 5.05. The van der Waals surface area contributed by atoms with Crippen molar-refractivity contribution in [1.29, 1.82) is 0 Å². The van der Waals surface area contributed by atoms with Gasteiger partial charge in [-0.1, -0.05) is 12.1 Å². The van der Waals surface area contributed by atoms with Crippen molar-refractivity contribution in [1.82, 2.24) is 9.97 Å². The van der Waals surface area contributed by atoms with Gasteiger partial charge in [0.2, 0.25) is 0 Å². The predicted octanol–water partition coefficient (Wildman–Crippen LogP) is 6.62. The Hall–Kier alpha value is -5.09. The molecule has 1 fully saturated rings. The fourth-order valence-electron chi connectivity index (χ4n) is 5.05. The molecule has 1 saturated heterocycles. The summed E-state index contributed by atoms with van der Waals surface area (Å²) in [7, 11) is 0. The van der Waals surface area contributed by atoms with Crippen LogP contribution in [0.3, 0.4) is 0 Å². The van der Waals surface area contributed by atoms with E-state index in [4.69, 9.17) is 19.1 Å². The summed E-state index contributed by atoms with van der Waals surface area (Å²) in [5.41, 5.74) is 3.56. The molecule has 218 valence electrons. The van der Waals surface area contributed by atoms with E-state index in [0.717, 1.165) is 52.5 Å². The Kier molecular flexibility index (Phi) is 7.84. The first-order chi connectivity index (χ1) is 20.8. The van der Waals surface area contributed by atoms with Crippen LogP contribution in [0.1, 0.15) is 18.2 Å². The van der Waals surface area contributed by atoms with Gasteiger partial charge in [0.25, 0.3) is 0 Å². The number of ether oxygens (including phenoxy) is 1. The van der Waals surface area contributed by atoms with Gasteiger partial charge in [-0.25, -0.2) is 19.2 Å². The number of aryl methyl sites for hydroxylation is 1. The lowest BCUT2D eigenvalue weighted by Gasteiger charge is -2.29. The van der Waals surface area contributed by atoms with Crippen molar-refractivity contribution in [2.75, 3.05) is 41.8 Å². The molecule has 1 aliphatic heterocycles. The number of hydrogen-bond donors (Lipinski definition) is 2. The van der Waals surface area contributed by atoms with Crippen molar-refractivity contribution in [3.63, 3.8) is 0 Å². The monoisotopic (exact) mass is 579 g/mol. The molecule has 0 aliphatic carbocycles. The highest BCUT2D eigenvalue weighted by Crippen LogP contribution is 2.32. The number of morpholine rings is 1. The predicted molar refractivity (Wildman–Crippen MR) is 164 cm³/mol. The Balaban J connectivity index is 1.24. The van der Waals surface area contributed by atoms with Crippen LogP contribution in [0, 0.1) is 12.7 Å². The number of hydrogen-bond acceptors (Lipinski definition) is 7. The van der Waals surface area contributed by atoms with Gasteiger partial charge < -0.3 is 24.7 Å². The van der Waals surface area contributed by atoms with Crippen molar-refractivity contribution < 1.29 is 23.1 Å². The highest BCUT2D eigenvalue weighted by atomic mass is 19.1. The van der Waals surface area contributed by atoms with Gasteiger partial charge in [0, 0.05) is 41.7 Å². The van der Waals surface area contributed by atoms with Gasteiger partial charge in [0.05, 0.1) is 24.4 Å². The number of Topliss-reactive ketones (excluding diaryl/α,β-unsaturated/α-hetero) is 1. The molecule has 0 unspecified atom stereocenters. The van der Waals surface area contributed by atoms with Gasteiger partial charge in [-0.15, -0.1) is 0 Å². The zero-order valence-electron chi connectivity index (χ0n) is 23.8. The number of fused-ring (bicyclic) bond motifs is 1. The van der Waals surface area contributed by atoms with Crippen LogP contribution in [0.2, 0.25) is 0 Å². The zero-order valence-corrected chi connectivity index (χ0v) is 23.8. The lowest BCUT2D eigenvalue weighted by atomic mass is 10.1. The third-order valence-electron chi connectivity index (χ3n) is 7.15.